The lowest BCUT2D eigenvalue weighted by Crippen LogP contribution is -2.32. The highest BCUT2D eigenvalue weighted by Crippen LogP contribution is 2.19. The van der Waals surface area contributed by atoms with Gasteiger partial charge in [-0.15, -0.1) is 0 Å². The number of hydrogen-bond acceptors (Lipinski definition) is 3. The van der Waals surface area contributed by atoms with Gasteiger partial charge >= 0.3 is 0 Å². The normalized spacial score (nSPS) is 11.8. The third-order valence-electron chi connectivity index (χ3n) is 3.47. The Kier molecular flexibility index (Phi) is 5.71. The smallest absolute Gasteiger partial charge is 0.243 e. The Labute approximate surface area is 132 Å². The van der Waals surface area contributed by atoms with Crippen LogP contribution in [0.15, 0.2) is 59.5 Å². The van der Waals surface area contributed by atoms with Crippen molar-refractivity contribution in [3.63, 3.8) is 0 Å². The van der Waals surface area contributed by atoms with Crippen molar-refractivity contribution in [3.8, 4) is 0 Å². The molecule has 0 aliphatic rings. The standard InChI is InChI=1S/C17H22N2O2S/c1-15-8-10-17(11-9-15)22(20,21)19(13-5-12-18)14-16-6-3-2-4-7-16/h2-4,6-11H,5,12-14,18H2,1H3. The molecule has 0 saturated carbocycles. The zero-order chi connectivity index (χ0) is 16.0. The molecule has 0 aliphatic carbocycles. The van der Waals surface area contributed by atoms with Crippen LogP contribution >= 0.6 is 0 Å². The van der Waals surface area contributed by atoms with Crippen molar-refractivity contribution in [1.29, 1.82) is 0 Å². The highest BCUT2D eigenvalue weighted by molar-refractivity contribution is 7.89. The van der Waals surface area contributed by atoms with Crippen LogP contribution in [0.4, 0.5) is 0 Å². The summed E-state index contributed by atoms with van der Waals surface area (Å²) in [5.41, 5.74) is 7.56. The third-order valence-corrected chi connectivity index (χ3v) is 5.33. The van der Waals surface area contributed by atoms with E-state index in [1.165, 1.54) is 4.31 Å². The summed E-state index contributed by atoms with van der Waals surface area (Å²) >= 11 is 0. The molecular weight excluding hydrogens is 296 g/mol. The van der Waals surface area contributed by atoms with Gasteiger partial charge in [0.05, 0.1) is 4.90 Å². The molecule has 22 heavy (non-hydrogen) atoms. The first-order valence-corrected chi connectivity index (χ1v) is 8.79. The molecule has 2 aromatic carbocycles. The molecule has 0 saturated heterocycles. The number of aryl methyl sites for hydroxylation is 1. The number of hydrogen-bond donors (Lipinski definition) is 1. The summed E-state index contributed by atoms with van der Waals surface area (Å²) in [5, 5.41) is 0. The van der Waals surface area contributed by atoms with E-state index in [1.54, 1.807) is 12.1 Å². The molecule has 0 bridgehead atoms. The lowest BCUT2D eigenvalue weighted by atomic mass is 10.2. The molecule has 0 atom stereocenters. The van der Waals surface area contributed by atoms with E-state index in [-0.39, 0.29) is 0 Å². The molecule has 2 aromatic rings. The fourth-order valence-corrected chi connectivity index (χ4v) is 3.66. The molecule has 0 fully saturated rings. The zero-order valence-corrected chi connectivity index (χ0v) is 13.6. The van der Waals surface area contributed by atoms with Crippen LogP contribution in [0.1, 0.15) is 17.5 Å². The quantitative estimate of drug-likeness (QED) is 0.853. The minimum atomic E-state index is -3.51. The van der Waals surface area contributed by atoms with Crippen molar-refractivity contribution in [2.75, 3.05) is 13.1 Å². The predicted octanol–water partition coefficient (Wildman–Crippen LogP) is 2.53. The Balaban J connectivity index is 2.28. The van der Waals surface area contributed by atoms with Gasteiger partial charge in [0.15, 0.2) is 0 Å². The van der Waals surface area contributed by atoms with Crippen molar-refractivity contribution < 1.29 is 8.42 Å². The average molecular weight is 318 g/mol. The highest BCUT2D eigenvalue weighted by atomic mass is 32.2. The number of benzene rings is 2. The van der Waals surface area contributed by atoms with Crippen molar-refractivity contribution in [2.24, 2.45) is 5.73 Å². The fourth-order valence-electron chi connectivity index (χ4n) is 2.20. The Morgan fingerprint density at radius 1 is 1.00 bits per heavy atom. The summed E-state index contributed by atoms with van der Waals surface area (Å²) in [4.78, 5) is 0.325. The summed E-state index contributed by atoms with van der Waals surface area (Å²) < 4.78 is 27.2. The fraction of sp³-hybridized carbons (Fsp3) is 0.294. The van der Waals surface area contributed by atoms with Crippen molar-refractivity contribution in [2.45, 2.75) is 24.8 Å². The van der Waals surface area contributed by atoms with Gasteiger partial charge in [0.1, 0.15) is 0 Å². The van der Waals surface area contributed by atoms with E-state index in [0.29, 0.717) is 31.0 Å². The van der Waals surface area contributed by atoms with E-state index in [0.717, 1.165) is 11.1 Å². The van der Waals surface area contributed by atoms with Gasteiger partial charge in [-0.05, 0) is 37.6 Å². The lowest BCUT2D eigenvalue weighted by molar-refractivity contribution is 0.402. The Morgan fingerprint density at radius 3 is 2.23 bits per heavy atom. The topological polar surface area (TPSA) is 63.4 Å². The van der Waals surface area contributed by atoms with Crippen LogP contribution in [0.3, 0.4) is 0 Å². The average Bonchev–Trinajstić information content (AvgIpc) is 2.52. The maximum atomic E-state index is 12.8. The lowest BCUT2D eigenvalue weighted by Gasteiger charge is -2.22. The molecule has 0 heterocycles. The van der Waals surface area contributed by atoms with E-state index in [9.17, 15) is 8.42 Å². The Hall–Kier alpha value is -1.69. The molecule has 0 spiro atoms. The maximum Gasteiger partial charge on any atom is 0.243 e. The van der Waals surface area contributed by atoms with Crippen LogP contribution < -0.4 is 5.73 Å². The van der Waals surface area contributed by atoms with Gasteiger partial charge in [0.25, 0.3) is 0 Å². The summed E-state index contributed by atoms with van der Waals surface area (Å²) in [6.07, 6.45) is 0.637. The Morgan fingerprint density at radius 2 is 1.64 bits per heavy atom. The van der Waals surface area contributed by atoms with Crippen LogP contribution in [-0.2, 0) is 16.6 Å². The second-order valence-corrected chi connectivity index (χ2v) is 7.22. The van der Waals surface area contributed by atoms with Gasteiger partial charge in [-0.2, -0.15) is 4.31 Å². The van der Waals surface area contributed by atoms with Gasteiger partial charge < -0.3 is 5.73 Å². The first-order chi connectivity index (χ1) is 10.5. The molecule has 118 valence electrons. The zero-order valence-electron chi connectivity index (χ0n) is 12.8. The van der Waals surface area contributed by atoms with E-state index in [2.05, 4.69) is 0 Å². The molecule has 0 radical (unpaired) electrons. The van der Waals surface area contributed by atoms with Gasteiger partial charge in [0, 0.05) is 13.1 Å². The van der Waals surface area contributed by atoms with Crippen LogP contribution in [0.25, 0.3) is 0 Å². The summed E-state index contributed by atoms with van der Waals surface area (Å²) in [7, 11) is -3.51. The highest BCUT2D eigenvalue weighted by Gasteiger charge is 2.23. The maximum absolute atomic E-state index is 12.8. The van der Waals surface area contributed by atoms with Crippen molar-refractivity contribution in [1.82, 2.24) is 4.31 Å². The monoisotopic (exact) mass is 318 g/mol. The molecule has 2 rings (SSSR count). The van der Waals surface area contributed by atoms with Crippen LogP contribution in [-0.4, -0.2) is 25.8 Å². The second kappa shape index (κ2) is 7.54. The first-order valence-electron chi connectivity index (χ1n) is 7.35. The molecule has 0 aliphatic heterocycles. The molecule has 0 amide bonds. The predicted molar refractivity (Wildman–Crippen MR) is 88.9 cm³/mol. The van der Waals surface area contributed by atoms with E-state index < -0.39 is 10.0 Å². The molecule has 0 unspecified atom stereocenters. The van der Waals surface area contributed by atoms with E-state index >= 15 is 0 Å². The summed E-state index contributed by atoms with van der Waals surface area (Å²) in [6, 6.07) is 16.6. The minimum absolute atomic E-state index is 0.325. The number of nitrogens with zero attached hydrogens (tertiary/aromatic N) is 1. The molecule has 0 aromatic heterocycles. The second-order valence-electron chi connectivity index (χ2n) is 5.28. The minimum Gasteiger partial charge on any atom is -0.330 e. The van der Waals surface area contributed by atoms with Gasteiger partial charge in [-0.1, -0.05) is 48.0 Å². The van der Waals surface area contributed by atoms with Gasteiger partial charge in [0.2, 0.25) is 10.0 Å². The van der Waals surface area contributed by atoms with Crippen LogP contribution in [0.5, 0.6) is 0 Å². The number of sulfonamides is 1. The van der Waals surface area contributed by atoms with Crippen molar-refractivity contribution >= 4 is 10.0 Å². The van der Waals surface area contributed by atoms with Gasteiger partial charge in [-0.25, -0.2) is 8.42 Å². The third kappa shape index (κ3) is 4.16. The van der Waals surface area contributed by atoms with Crippen LogP contribution in [0.2, 0.25) is 0 Å². The Bertz CT molecular complexity index is 682. The number of nitrogens with two attached hydrogens (primary N) is 1. The summed E-state index contributed by atoms with van der Waals surface area (Å²) in [6.45, 7) is 3.18. The molecule has 4 nitrogen and oxygen atoms in total. The van der Waals surface area contributed by atoms with E-state index in [4.69, 9.17) is 5.73 Å². The molecule has 2 N–H and O–H groups in total. The molecule has 5 heteroatoms. The van der Waals surface area contributed by atoms with E-state index in [1.807, 2.05) is 49.4 Å². The van der Waals surface area contributed by atoms with Crippen molar-refractivity contribution in [3.05, 3.63) is 65.7 Å². The summed E-state index contributed by atoms with van der Waals surface area (Å²) in [5.74, 6) is 0. The SMILES string of the molecule is Cc1ccc(S(=O)(=O)N(CCCN)Cc2ccccc2)cc1. The first kappa shape index (κ1) is 16.7. The van der Waals surface area contributed by atoms with Crippen LogP contribution in [0, 0.1) is 6.92 Å². The number of rotatable bonds is 7. The largest absolute Gasteiger partial charge is 0.330 e. The molecular formula is C17H22N2O2S. The van der Waals surface area contributed by atoms with Gasteiger partial charge in [-0.3, -0.25) is 0 Å².